The Bertz CT molecular complexity index is 408. The first-order valence-corrected chi connectivity index (χ1v) is 6.96. The van der Waals surface area contributed by atoms with Crippen molar-refractivity contribution in [3.05, 3.63) is 39.9 Å². The predicted molar refractivity (Wildman–Crippen MR) is 71.5 cm³/mol. The van der Waals surface area contributed by atoms with Crippen molar-refractivity contribution in [3.8, 4) is 0 Å². The van der Waals surface area contributed by atoms with Gasteiger partial charge in [-0.3, -0.25) is 10.1 Å². The van der Waals surface area contributed by atoms with Gasteiger partial charge in [-0.25, -0.2) is 0 Å². The second-order valence-electron chi connectivity index (χ2n) is 4.69. The van der Waals surface area contributed by atoms with Gasteiger partial charge in [0.15, 0.2) is 0 Å². The number of nitro benzene ring substituents is 1. The highest BCUT2D eigenvalue weighted by molar-refractivity contribution is 9.09. The molecular weight excluding hydrogens is 282 g/mol. The van der Waals surface area contributed by atoms with Crippen LogP contribution in [0.3, 0.4) is 0 Å². The molecule has 2 atom stereocenters. The molecule has 1 aliphatic carbocycles. The van der Waals surface area contributed by atoms with Crippen LogP contribution < -0.4 is 0 Å². The highest BCUT2D eigenvalue weighted by Crippen LogP contribution is 2.32. The molecule has 0 N–H and O–H groups in total. The smallest absolute Gasteiger partial charge is 0.258 e. The van der Waals surface area contributed by atoms with E-state index in [2.05, 4.69) is 15.9 Å². The van der Waals surface area contributed by atoms with Crippen LogP contribution in [0.1, 0.15) is 31.2 Å². The van der Waals surface area contributed by atoms with Crippen LogP contribution in [0, 0.1) is 16.0 Å². The third-order valence-electron chi connectivity index (χ3n) is 3.44. The Morgan fingerprint density at radius 2 is 2.12 bits per heavy atom. The fourth-order valence-electron chi connectivity index (χ4n) is 2.49. The average Bonchev–Trinajstić information content (AvgIpc) is 2.32. The molecule has 17 heavy (non-hydrogen) atoms. The maximum absolute atomic E-state index is 10.7. The molecule has 0 bridgehead atoms. The SMILES string of the molecule is O=[N+]([O-])c1cccc(CC2CCCCC2Br)c1. The van der Waals surface area contributed by atoms with Gasteiger partial charge in [-0.2, -0.15) is 0 Å². The lowest BCUT2D eigenvalue weighted by Crippen LogP contribution is -2.21. The Balaban J connectivity index is 2.07. The van der Waals surface area contributed by atoms with E-state index in [0.717, 1.165) is 12.0 Å². The third kappa shape index (κ3) is 3.28. The molecule has 1 aromatic carbocycles. The largest absolute Gasteiger partial charge is 0.269 e. The van der Waals surface area contributed by atoms with E-state index in [-0.39, 0.29) is 10.6 Å². The normalized spacial score (nSPS) is 24.5. The van der Waals surface area contributed by atoms with Crippen molar-refractivity contribution >= 4 is 21.6 Å². The molecule has 1 saturated carbocycles. The van der Waals surface area contributed by atoms with Gasteiger partial charge in [0, 0.05) is 17.0 Å². The van der Waals surface area contributed by atoms with E-state index in [1.165, 1.54) is 25.7 Å². The van der Waals surface area contributed by atoms with E-state index >= 15 is 0 Å². The minimum absolute atomic E-state index is 0.199. The van der Waals surface area contributed by atoms with E-state index in [1.54, 1.807) is 18.2 Å². The van der Waals surface area contributed by atoms with Crippen LogP contribution in [-0.2, 0) is 6.42 Å². The first-order chi connectivity index (χ1) is 8.16. The molecule has 1 fully saturated rings. The highest BCUT2D eigenvalue weighted by atomic mass is 79.9. The van der Waals surface area contributed by atoms with Crippen LogP contribution in [-0.4, -0.2) is 9.75 Å². The molecule has 2 rings (SSSR count). The second-order valence-corrected chi connectivity index (χ2v) is 5.87. The zero-order valence-electron chi connectivity index (χ0n) is 9.64. The lowest BCUT2D eigenvalue weighted by Gasteiger charge is -2.27. The van der Waals surface area contributed by atoms with Gasteiger partial charge >= 0.3 is 0 Å². The summed E-state index contributed by atoms with van der Waals surface area (Å²) < 4.78 is 0. The molecule has 1 aromatic rings. The maximum atomic E-state index is 10.7. The molecule has 0 aliphatic heterocycles. The molecule has 0 radical (unpaired) electrons. The summed E-state index contributed by atoms with van der Waals surface area (Å²) >= 11 is 3.73. The van der Waals surface area contributed by atoms with Gasteiger partial charge in [0.25, 0.3) is 5.69 Å². The number of hydrogen-bond donors (Lipinski definition) is 0. The van der Waals surface area contributed by atoms with Gasteiger partial charge in [0.05, 0.1) is 4.92 Å². The second kappa shape index (κ2) is 5.63. The summed E-state index contributed by atoms with van der Waals surface area (Å²) in [5.74, 6) is 0.616. The van der Waals surface area contributed by atoms with Crippen molar-refractivity contribution in [1.29, 1.82) is 0 Å². The first-order valence-electron chi connectivity index (χ1n) is 6.04. The number of nitro groups is 1. The van der Waals surface area contributed by atoms with Crippen molar-refractivity contribution in [1.82, 2.24) is 0 Å². The first kappa shape index (κ1) is 12.6. The molecule has 0 heterocycles. The number of alkyl halides is 1. The molecule has 0 amide bonds. The van der Waals surface area contributed by atoms with Crippen LogP contribution in [0.4, 0.5) is 5.69 Å². The van der Waals surface area contributed by atoms with Crippen molar-refractivity contribution in [2.24, 2.45) is 5.92 Å². The Labute approximate surface area is 110 Å². The number of halogens is 1. The molecule has 4 heteroatoms. The summed E-state index contributed by atoms with van der Waals surface area (Å²) in [7, 11) is 0. The highest BCUT2D eigenvalue weighted by Gasteiger charge is 2.23. The minimum atomic E-state index is -0.323. The molecule has 2 unspecified atom stereocenters. The Hall–Kier alpha value is -0.900. The van der Waals surface area contributed by atoms with Crippen LogP contribution in [0.5, 0.6) is 0 Å². The summed E-state index contributed by atoms with van der Waals surface area (Å²) in [4.78, 5) is 10.9. The Kier molecular flexibility index (Phi) is 4.15. The molecule has 0 aromatic heterocycles. The van der Waals surface area contributed by atoms with E-state index in [1.807, 2.05) is 6.07 Å². The van der Waals surface area contributed by atoms with Crippen LogP contribution >= 0.6 is 15.9 Å². The van der Waals surface area contributed by atoms with Gasteiger partial charge in [0.1, 0.15) is 0 Å². The van der Waals surface area contributed by atoms with Crippen LogP contribution in [0.25, 0.3) is 0 Å². The summed E-state index contributed by atoms with van der Waals surface area (Å²) in [5.41, 5.74) is 1.28. The zero-order valence-corrected chi connectivity index (χ0v) is 11.2. The van der Waals surface area contributed by atoms with Crippen molar-refractivity contribution in [2.75, 3.05) is 0 Å². The average molecular weight is 298 g/mol. The lowest BCUT2D eigenvalue weighted by atomic mass is 9.84. The number of benzene rings is 1. The number of rotatable bonds is 3. The molecular formula is C13H16BrNO2. The molecule has 92 valence electrons. The molecule has 1 aliphatic rings. The monoisotopic (exact) mass is 297 g/mol. The van der Waals surface area contributed by atoms with Gasteiger partial charge in [-0.1, -0.05) is 40.9 Å². The lowest BCUT2D eigenvalue weighted by molar-refractivity contribution is -0.384. The number of nitrogens with zero attached hydrogens (tertiary/aromatic N) is 1. The summed E-state index contributed by atoms with van der Waals surface area (Å²) in [5, 5.41) is 10.7. The Morgan fingerprint density at radius 3 is 2.82 bits per heavy atom. The van der Waals surface area contributed by atoms with Crippen molar-refractivity contribution in [3.63, 3.8) is 0 Å². The topological polar surface area (TPSA) is 43.1 Å². The fraction of sp³-hybridized carbons (Fsp3) is 0.538. The van der Waals surface area contributed by atoms with E-state index in [0.29, 0.717) is 10.7 Å². The fourth-order valence-corrected chi connectivity index (χ4v) is 3.27. The zero-order chi connectivity index (χ0) is 12.3. The van der Waals surface area contributed by atoms with Crippen molar-refractivity contribution < 1.29 is 4.92 Å². The van der Waals surface area contributed by atoms with Gasteiger partial charge < -0.3 is 0 Å². The number of non-ortho nitro benzene ring substituents is 1. The molecule has 0 spiro atoms. The minimum Gasteiger partial charge on any atom is -0.258 e. The van der Waals surface area contributed by atoms with Gasteiger partial charge in [-0.15, -0.1) is 0 Å². The van der Waals surface area contributed by atoms with E-state index in [4.69, 9.17) is 0 Å². The summed E-state index contributed by atoms with van der Waals surface area (Å²) in [6.07, 6.45) is 5.96. The van der Waals surface area contributed by atoms with E-state index < -0.39 is 0 Å². The summed E-state index contributed by atoms with van der Waals surface area (Å²) in [6, 6.07) is 7.02. The van der Waals surface area contributed by atoms with Crippen molar-refractivity contribution in [2.45, 2.75) is 36.9 Å². The van der Waals surface area contributed by atoms with Gasteiger partial charge in [-0.05, 0) is 30.7 Å². The standard InChI is InChI=1S/C13H16BrNO2/c14-13-7-2-1-5-11(13)8-10-4-3-6-12(9-10)15(16)17/h3-4,6,9,11,13H,1-2,5,7-8H2. The third-order valence-corrected chi connectivity index (χ3v) is 4.64. The summed E-state index contributed by atoms with van der Waals surface area (Å²) in [6.45, 7) is 0. The Morgan fingerprint density at radius 1 is 1.35 bits per heavy atom. The molecule has 3 nitrogen and oxygen atoms in total. The van der Waals surface area contributed by atoms with Gasteiger partial charge in [0.2, 0.25) is 0 Å². The molecule has 0 saturated heterocycles. The van der Waals surface area contributed by atoms with Crippen LogP contribution in [0.2, 0.25) is 0 Å². The predicted octanol–water partition coefficient (Wildman–Crippen LogP) is 4.09. The van der Waals surface area contributed by atoms with E-state index in [9.17, 15) is 10.1 Å². The number of hydrogen-bond acceptors (Lipinski definition) is 2. The van der Waals surface area contributed by atoms with Crippen LogP contribution in [0.15, 0.2) is 24.3 Å². The quantitative estimate of drug-likeness (QED) is 0.479. The maximum Gasteiger partial charge on any atom is 0.269 e.